The molecule has 2 heterocycles. The average molecular weight is 535 g/mol. The molecule has 42 heavy (non-hydrogen) atoms. The van der Waals surface area contributed by atoms with Crippen LogP contribution in [-0.4, -0.2) is 9.97 Å². The van der Waals surface area contributed by atoms with Gasteiger partial charge >= 0.3 is 0 Å². The summed E-state index contributed by atoms with van der Waals surface area (Å²) in [6.07, 6.45) is 0. The van der Waals surface area contributed by atoms with Crippen molar-refractivity contribution in [1.29, 1.82) is 0 Å². The van der Waals surface area contributed by atoms with Gasteiger partial charge in [0.05, 0.1) is 22.4 Å². The monoisotopic (exact) mass is 534 g/mol. The van der Waals surface area contributed by atoms with Gasteiger partial charge in [0.15, 0.2) is 0 Å². The summed E-state index contributed by atoms with van der Waals surface area (Å²) in [4.78, 5) is 10.2. The van der Waals surface area contributed by atoms with Gasteiger partial charge in [-0.1, -0.05) is 133 Å². The minimum Gasteiger partial charge on any atom is -0.245 e. The molecule has 0 radical (unpaired) electrons. The molecule has 2 aromatic heterocycles. The van der Waals surface area contributed by atoms with Gasteiger partial charge in [0, 0.05) is 21.9 Å². The molecule has 0 atom stereocenters. The molecule has 0 unspecified atom stereocenters. The van der Waals surface area contributed by atoms with Gasteiger partial charge in [0.1, 0.15) is 0 Å². The Kier molecular flexibility index (Phi) is 5.82. The van der Waals surface area contributed by atoms with Gasteiger partial charge in [-0.05, 0) is 57.3 Å². The van der Waals surface area contributed by atoms with Crippen molar-refractivity contribution in [1.82, 2.24) is 9.97 Å². The van der Waals surface area contributed by atoms with Crippen molar-refractivity contribution in [3.05, 3.63) is 158 Å². The fourth-order valence-corrected chi connectivity index (χ4v) is 5.77. The predicted molar refractivity (Wildman–Crippen MR) is 176 cm³/mol. The van der Waals surface area contributed by atoms with E-state index in [2.05, 4.69) is 140 Å². The summed E-state index contributed by atoms with van der Waals surface area (Å²) in [5, 5.41) is 4.66. The molecule has 0 bridgehead atoms. The molecular formula is C40H26N2. The normalized spacial score (nSPS) is 11.3. The highest BCUT2D eigenvalue weighted by molar-refractivity contribution is 6.04. The smallest absolute Gasteiger partial charge is 0.0972 e. The summed E-state index contributed by atoms with van der Waals surface area (Å²) in [7, 11) is 0. The lowest BCUT2D eigenvalue weighted by molar-refractivity contribution is 1.36. The first-order chi connectivity index (χ1) is 20.8. The molecular weight excluding hydrogens is 508 g/mol. The number of benzene rings is 6. The zero-order chi connectivity index (χ0) is 27.9. The van der Waals surface area contributed by atoms with E-state index in [0.29, 0.717) is 0 Å². The molecule has 0 aliphatic carbocycles. The second-order valence-corrected chi connectivity index (χ2v) is 10.7. The summed E-state index contributed by atoms with van der Waals surface area (Å²) >= 11 is 0. The molecule has 0 saturated carbocycles. The maximum Gasteiger partial charge on any atom is 0.0972 e. The molecule has 0 spiro atoms. The van der Waals surface area contributed by atoms with Crippen molar-refractivity contribution in [3.8, 4) is 44.8 Å². The Morgan fingerprint density at radius 2 is 0.619 bits per heavy atom. The van der Waals surface area contributed by atoms with Crippen molar-refractivity contribution >= 4 is 32.6 Å². The first kappa shape index (κ1) is 24.2. The van der Waals surface area contributed by atoms with E-state index in [0.717, 1.165) is 44.3 Å². The molecule has 0 amide bonds. The molecule has 6 aromatic carbocycles. The van der Waals surface area contributed by atoms with E-state index in [4.69, 9.17) is 9.97 Å². The highest BCUT2D eigenvalue weighted by Gasteiger charge is 2.10. The first-order valence-corrected chi connectivity index (χ1v) is 14.2. The number of aromatic nitrogens is 2. The minimum atomic E-state index is 0.927. The second kappa shape index (κ2) is 10.1. The van der Waals surface area contributed by atoms with E-state index in [1.54, 1.807) is 0 Å². The van der Waals surface area contributed by atoms with E-state index in [1.165, 1.54) is 33.0 Å². The van der Waals surface area contributed by atoms with Crippen LogP contribution in [-0.2, 0) is 0 Å². The average Bonchev–Trinajstić information content (AvgIpc) is 3.08. The quantitative estimate of drug-likeness (QED) is 0.210. The van der Waals surface area contributed by atoms with Crippen LogP contribution in [0.1, 0.15) is 0 Å². The van der Waals surface area contributed by atoms with E-state index >= 15 is 0 Å². The lowest BCUT2D eigenvalue weighted by Crippen LogP contribution is -1.91. The van der Waals surface area contributed by atoms with Crippen LogP contribution in [0.5, 0.6) is 0 Å². The first-order valence-electron chi connectivity index (χ1n) is 14.2. The Labute approximate surface area is 244 Å². The van der Waals surface area contributed by atoms with E-state index < -0.39 is 0 Å². The van der Waals surface area contributed by atoms with E-state index in [-0.39, 0.29) is 0 Å². The van der Waals surface area contributed by atoms with Gasteiger partial charge in [-0.15, -0.1) is 0 Å². The Balaban J connectivity index is 1.13. The summed E-state index contributed by atoms with van der Waals surface area (Å²) in [5.41, 5.74) is 10.8. The number of nitrogens with zero attached hydrogens (tertiary/aromatic N) is 2. The zero-order valence-corrected chi connectivity index (χ0v) is 22.9. The van der Waals surface area contributed by atoms with Gasteiger partial charge in [-0.2, -0.15) is 0 Å². The van der Waals surface area contributed by atoms with Crippen molar-refractivity contribution in [2.75, 3.05) is 0 Å². The summed E-state index contributed by atoms with van der Waals surface area (Å²) in [6, 6.07) is 55.7. The number of hydrogen-bond donors (Lipinski definition) is 0. The predicted octanol–water partition coefficient (Wildman–Crippen LogP) is 10.6. The Morgan fingerprint density at radius 3 is 1.14 bits per heavy atom. The van der Waals surface area contributed by atoms with Gasteiger partial charge in [0.2, 0.25) is 0 Å². The van der Waals surface area contributed by atoms with E-state index in [9.17, 15) is 0 Å². The zero-order valence-electron chi connectivity index (χ0n) is 22.9. The van der Waals surface area contributed by atoms with Crippen molar-refractivity contribution in [2.45, 2.75) is 0 Å². The highest BCUT2D eigenvalue weighted by Crippen LogP contribution is 2.32. The number of pyridine rings is 2. The maximum atomic E-state index is 5.12. The molecule has 0 fully saturated rings. The Hall–Kier alpha value is -5.60. The van der Waals surface area contributed by atoms with Crippen LogP contribution in [0.25, 0.3) is 77.3 Å². The fraction of sp³-hybridized carbons (Fsp3) is 0. The third-order valence-electron chi connectivity index (χ3n) is 8.05. The highest BCUT2D eigenvalue weighted by atomic mass is 14.8. The summed E-state index contributed by atoms with van der Waals surface area (Å²) < 4.78 is 0. The lowest BCUT2D eigenvalue weighted by atomic mass is 9.97. The maximum absolute atomic E-state index is 5.12. The van der Waals surface area contributed by atoms with Crippen molar-refractivity contribution in [2.24, 2.45) is 0 Å². The van der Waals surface area contributed by atoms with E-state index in [1.807, 2.05) is 18.2 Å². The number of rotatable bonds is 4. The molecule has 0 aliphatic heterocycles. The number of hydrogen-bond acceptors (Lipinski definition) is 2. The van der Waals surface area contributed by atoms with Crippen LogP contribution in [0.2, 0.25) is 0 Å². The Morgan fingerprint density at radius 1 is 0.262 bits per heavy atom. The van der Waals surface area contributed by atoms with Crippen LogP contribution >= 0.6 is 0 Å². The lowest BCUT2D eigenvalue weighted by Gasteiger charge is -2.09. The van der Waals surface area contributed by atoms with Crippen molar-refractivity contribution < 1.29 is 0 Å². The third kappa shape index (κ3) is 4.40. The third-order valence-corrected chi connectivity index (χ3v) is 8.05. The molecule has 8 aromatic rings. The van der Waals surface area contributed by atoms with Crippen LogP contribution in [0, 0.1) is 0 Å². The van der Waals surface area contributed by atoms with Gasteiger partial charge in [-0.25, -0.2) is 9.97 Å². The molecule has 0 N–H and O–H groups in total. The topological polar surface area (TPSA) is 25.8 Å². The minimum absolute atomic E-state index is 0.927. The van der Waals surface area contributed by atoms with Crippen LogP contribution in [0.4, 0.5) is 0 Å². The van der Waals surface area contributed by atoms with Crippen LogP contribution in [0.15, 0.2) is 158 Å². The van der Waals surface area contributed by atoms with Crippen LogP contribution in [0.3, 0.4) is 0 Å². The largest absolute Gasteiger partial charge is 0.245 e. The SMILES string of the molecule is c1ccc(-c2ccc3cc(-c4ccc(-c5ccc6ccc7ccc(-c8ccccc8)nc7c6n5)cc4)ccc3c2)cc1. The molecule has 0 saturated heterocycles. The molecule has 196 valence electrons. The number of fused-ring (bicyclic) bond motifs is 4. The van der Waals surface area contributed by atoms with Gasteiger partial charge in [0.25, 0.3) is 0 Å². The summed E-state index contributed by atoms with van der Waals surface area (Å²) in [5.74, 6) is 0. The molecule has 2 heteroatoms. The second-order valence-electron chi connectivity index (χ2n) is 10.7. The fourth-order valence-electron chi connectivity index (χ4n) is 5.77. The molecule has 0 aliphatic rings. The van der Waals surface area contributed by atoms with Crippen LogP contribution < -0.4 is 0 Å². The molecule has 8 rings (SSSR count). The summed E-state index contributed by atoms with van der Waals surface area (Å²) in [6.45, 7) is 0. The van der Waals surface area contributed by atoms with Crippen molar-refractivity contribution in [3.63, 3.8) is 0 Å². The van der Waals surface area contributed by atoms with Gasteiger partial charge in [-0.3, -0.25) is 0 Å². The van der Waals surface area contributed by atoms with Gasteiger partial charge < -0.3 is 0 Å². The molecule has 2 nitrogen and oxygen atoms in total. The Bertz CT molecular complexity index is 2220. The standard InChI is InChI=1S/C40H26N2/c1-3-7-27(8-4-1)33-17-19-36-26-34(18-20-35(36)25-33)28-11-13-30(14-12-28)38-24-22-32-16-15-31-21-23-37(29-9-5-2-6-10-29)41-39(31)40(32)42-38/h1-26H.